The predicted molar refractivity (Wildman–Crippen MR) is 117 cm³/mol. The molecule has 0 fully saturated rings. The van der Waals surface area contributed by atoms with Crippen LogP contribution in [-0.4, -0.2) is 18.6 Å². The Bertz CT molecular complexity index is 888. The number of aryl methyl sites for hydroxylation is 1. The van der Waals surface area contributed by atoms with E-state index in [2.05, 4.69) is 29.6 Å². The van der Waals surface area contributed by atoms with Gasteiger partial charge in [0.05, 0.1) is 12.7 Å². The number of nitrogens with one attached hydrogen (secondary N) is 1. The molecule has 0 saturated carbocycles. The van der Waals surface area contributed by atoms with E-state index >= 15 is 0 Å². The number of carbonyl (C=O) groups is 1. The number of ether oxygens (including phenoxy) is 2. The molecular formula is C25H27NO3. The molecule has 3 rings (SSSR count). The Balaban J connectivity index is 1.45. The summed E-state index contributed by atoms with van der Waals surface area (Å²) in [5.74, 6) is 1.40. The highest BCUT2D eigenvalue weighted by Crippen LogP contribution is 2.18. The quantitative estimate of drug-likeness (QED) is 0.475. The van der Waals surface area contributed by atoms with Crippen molar-refractivity contribution >= 4 is 11.6 Å². The Labute approximate surface area is 172 Å². The fourth-order valence-electron chi connectivity index (χ4n) is 2.91. The van der Waals surface area contributed by atoms with Crippen molar-refractivity contribution in [1.82, 2.24) is 0 Å². The summed E-state index contributed by atoms with van der Waals surface area (Å²) in [5.41, 5.74) is 2.63. The maximum Gasteiger partial charge on any atom is 0.255 e. The summed E-state index contributed by atoms with van der Waals surface area (Å²) in [4.78, 5) is 12.4. The minimum atomic E-state index is -0.155. The maximum atomic E-state index is 12.4. The smallest absolute Gasteiger partial charge is 0.255 e. The van der Waals surface area contributed by atoms with Crippen molar-refractivity contribution < 1.29 is 14.3 Å². The molecule has 0 spiro atoms. The van der Waals surface area contributed by atoms with E-state index in [4.69, 9.17) is 9.47 Å². The van der Waals surface area contributed by atoms with Crippen LogP contribution in [0.1, 0.15) is 36.2 Å². The van der Waals surface area contributed by atoms with Crippen LogP contribution in [0, 0.1) is 0 Å². The van der Waals surface area contributed by atoms with Gasteiger partial charge in [-0.05, 0) is 80.8 Å². The van der Waals surface area contributed by atoms with Gasteiger partial charge in [-0.15, -0.1) is 0 Å². The zero-order valence-electron chi connectivity index (χ0n) is 16.9. The first-order valence-corrected chi connectivity index (χ1v) is 9.95. The fraction of sp³-hybridized carbons (Fsp3) is 0.240. The van der Waals surface area contributed by atoms with Gasteiger partial charge >= 0.3 is 0 Å². The summed E-state index contributed by atoms with van der Waals surface area (Å²) in [6, 6.07) is 25.0. The van der Waals surface area contributed by atoms with Gasteiger partial charge in [0, 0.05) is 11.3 Å². The molecule has 4 heteroatoms. The van der Waals surface area contributed by atoms with E-state index in [9.17, 15) is 4.79 Å². The number of rotatable bonds is 9. The van der Waals surface area contributed by atoms with E-state index in [0.717, 1.165) is 30.0 Å². The van der Waals surface area contributed by atoms with Crippen molar-refractivity contribution in [1.29, 1.82) is 0 Å². The van der Waals surface area contributed by atoms with Crippen molar-refractivity contribution in [2.75, 3.05) is 11.9 Å². The third-order valence-corrected chi connectivity index (χ3v) is 4.32. The second-order valence-corrected chi connectivity index (χ2v) is 7.11. The van der Waals surface area contributed by atoms with Gasteiger partial charge < -0.3 is 14.8 Å². The van der Waals surface area contributed by atoms with Crippen LogP contribution in [0.15, 0.2) is 78.9 Å². The van der Waals surface area contributed by atoms with Gasteiger partial charge in [-0.1, -0.05) is 30.3 Å². The van der Waals surface area contributed by atoms with Crippen LogP contribution < -0.4 is 14.8 Å². The zero-order valence-corrected chi connectivity index (χ0v) is 16.9. The molecule has 0 radical (unpaired) electrons. The molecule has 3 aromatic rings. The Kier molecular flexibility index (Phi) is 7.28. The SMILES string of the molecule is CC(C)Oc1ccc(C(=O)Nc2ccc(OCCCc3ccccc3)cc2)cc1. The molecule has 0 heterocycles. The zero-order chi connectivity index (χ0) is 20.5. The van der Waals surface area contributed by atoms with Gasteiger partial charge in [-0.2, -0.15) is 0 Å². The summed E-state index contributed by atoms with van der Waals surface area (Å²) in [6.07, 6.45) is 2.06. The first kappa shape index (κ1) is 20.5. The van der Waals surface area contributed by atoms with Gasteiger partial charge in [0.25, 0.3) is 5.91 Å². The third kappa shape index (κ3) is 6.68. The molecule has 0 aromatic heterocycles. The predicted octanol–water partition coefficient (Wildman–Crippen LogP) is 5.74. The van der Waals surface area contributed by atoms with E-state index in [-0.39, 0.29) is 12.0 Å². The number of amides is 1. The molecule has 4 nitrogen and oxygen atoms in total. The van der Waals surface area contributed by atoms with Crippen molar-refractivity contribution in [3.63, 3.8) is 0 Å². The average Bonchev–Trinajstić information content (AvgIpc) is 2.73. The summed E-state index contributed by atoms with van der Waals surface area (Å²) in [7, 11) is 0. The Morgan fingerprint density at radius 1 is 0.862 bits per heavy atom. The lowest BCUT2D eigenvalue weighted by atomic mass is 10.1. The van der Waals surface area contributed by atoms with Gasteiger partial charge in [0.1, 0.15) is 11.5 Å². The minimum absolute atomic E-state index is 0.105. The Morgan fingerprint density at radius 3 is 2.17 bits per heavy atom. The number of anilines is 1. The molecule has 0 aliphatic carbocycles. The van der Waals surface area contributed by atoms with Crippen LogP contribution in [0.25, 0.3) is 0 Å². The largest absolute Gasteiger partial charge is 0.494 e. The van der Waals surface area contributed by atoms with Crippen LogP contribution in [0.5, 0.6) is 11.5 Å². The second-order valence-electron chi connectivity index (χ2n) is 7.11. The first-order valence-electron chi connectivity index (χ1n) is 9.95. The number of hydrogen-bond donors (Lipinski definition) is 1. The highest BCUT2D eigenvalue weighted by atomic mass is 16.5. The lowest BCUT2D eigenvalue weighted by Crippen LogP contribution is -2.12. The number of hydrogen-bond acceptors (Lipinski definition) is 3. The first-order chi connectivity index (χ1) is 14.1. The number of benzene rings is 3. The van der Waals surface area contributed by atoms with Crippen molar-refractivity contribution in [3.8, 4) is 11.5 Å². The normalized spacial score (nSPS) is 10.6. The van der Waals surface area contributed by atoms with E-state index < -0.39 is 0 Å². The molecule has 0 atom stereocenters. The molecule has 0 aliphatic heterocycles. The lowest BCUT2D eigenvalue weighted by molar-refractivity contribution is 0.102. The summed E-state index contributed by atoms with van der Waals surface area (Å²) >= 11 is 0. The van der Waals surface area contributed by atoms with E-state index in [1.165, 1.54) is 5.56 Å². The topological polar surface area (TPSA) is 47.6 Å². The second kappa shape index (κ2) is 10.3. The van der Waals surface area contributed by atoms with Gasteiger partial charge in [0.15, 0.2) is 0 Å². The summed E-state index contributed by atoms with van der Waals surface area (Å²) in [5, 5.41) is 2.90. The third-order valence-electron chi connectivity index (χ3n) is 4.32. The molecule has 1 amide bonds. The summed E-state index contributed by atoms with van der Waals surface area (Å²) < 4.78 is 11.4. The maximum absolute atomic E-state index is 12.4. The van der Waals surface area contributed by atoms with E-state index in [1.54, 1.807) is 24.3 Å². The van der Waals surface area contributed by atoms with Crippen molar-refractivity contribution in [2.45, 2.75) is 32.8 Å². The minimum Gasteiger partial charge on any atom is -0.494 e. The van der Waals surface area contributed by atoms with E-state index in [1.807, 2.05) is 44.2 Å². The molecule has 3 aromatic carbocycles. The van der Waals surface area contributed by atoms with Gasteiger partial charge in [0.2, 0.25) is 0 Å². The molecular weight excluding hydrogens is 362 g/mol. The molecule has 0 bridgehead atoms. The highest BCUT2D eigenvalue weighted by molar-refractivity contribution is 6.04. The average molecular weight is 389 g/mol. The van der Waals surface area contributed by atoms with Crippen molar-refractivity contribution in [2.24, 2.45) is 0 Å². The standard InChI is InChI=1S/C25H27NO3/c1-19(2)29-24-14-10-21(11-15-24)25(27)26-22-12-16-23(17-13-22)28-18-6-9-20-7-4-3-5-8-20/h3-5,7-8,10-17,19H,6,9,18H2,1-2H3,(H,26,27). The molecule has 1 N–H and O–H groups in total. The monoisotopic (exact) mass is 389 g/mol. The van der Waals surface area contributed by atoms with Crippen LogP contribution in [0.3, 0.4) is 0 Å². The highest BCUT2D eigenvalue weighted by Gasteiger charge is 2.07. The number of carbonyl (C=O) groups excluding carboxylic acids is 1. The van der Waals surface area contributed by atoms with Crippen LogP contribution >= 0.6 is 0 Å². The van der Waals surface area contributed by atoms with Crippen molar-refractivity contribution in [3.05, 3.63) is 90.0 Å². The summed E-state index contributed by atoms with van der Waals surface area (Å²) in [6.45, 7) is 4.60. The van der Waals surface area contributed by atoms with Crippen LogP contribution in [-0.2, 0) is 6.42 Å². The van der Waals surface area contributed by atoms with Gasteiger partial charge in [-0.25, -0.2) is 0 Å². The van der Waals surface area contributed by atoms with Crippen LogP contribution in [0.2, 0.25) is 0 Å². The van der Waals surface area contributed by atoms with Crippen LogP contribution in [0.4, 0.5) is 5.69 Å². The van der Waals surface area contributed by atoms with E-state index in [0.29, 0.717) is 12.2 Å². The van der Waals surface area contributed by atoms with Gasteiger partial charge in [-0.3, -0.25) is 4.79 Å². The molecule has 0 saturated heterocycles. The lowest BCUT2D eigenvalue weighted by Gasteiger charge is -2.11. The molecule has 29 heavy (non-hydrogen) atoms. The molecule has 150 valence electrons. The molecule has 0 unspecified atom stereocenters. The molecule has 0 aliphatic rings. The fourth-order valence-corrected chi connectivity index (χ4v) is 2.91. The Hall–Kier alpha value is -3.27. The Morgan fingerprint density at radius 2 is 1.52 bits per heavy atom.